The first-order chi connectivity index (χ1) is 16.1. The van der Waals surface area contributed by atoms with Gasteiger partial charge in [-0.1, -0.05) is 45.2 Å². The fraction of sp³-hybridized carbons (Fsp3) is 0.607. The van der Waals surface area contributed by atoms with E-state index < -0.39 is 29.5 Å². The summed E-state index contributed by atoms with van der Waals surface area (Å²) >= 11 is 0. The van der Waals surface area contributed by atoms with Crippen molar-refractivity contribution in [1.29, 1.82) is 0 Å². The van der Waals surface area contributed by atoms with Gasteiger partial charge in [0.25, 0.3) is 0 Å². The molecule has 2 heterocycles. The molecule has 4 aliphatic rings. The molecule has 3 aliphatic carbocycles. The predicted molar refractivity (Wildman–Crippen MR) is 122 cm³/mol. The first-order valence-electron chi connectivity index (χ1n) is 12.7. The molecule has 182 valence electrons. The van der Waals surface area contributed by atoms with Crippen LogP contribution in [-0.2, 0) is 22.9 Å². The lowest BCUT2D eigenvalue weighted by Crippen LogP contribution is -2.39. The van der Waals surface area contributed by atoms with Crippen molar-refractivity contribution in [3.05, 3.63) is 63.5 Å². The van der Waals surface area contributed by atoms with Crippen LogP contribution >= 0.6 is 0 Å². The fourth-order valence-electron chi connectivity index (χ4n) is 7.11. The number of aliphatic hydroxyl groups is 1. The molecular weight excluding hydrogens is 439 g/mol. The standard InChI is InChI=1S/C28H32F3NO2/c1-16(2)24-22-23(21-19(32-24)14-26(10-5-11-26)15-20(21)33)27(12-3-4-13-27)34-25(22)17-6-8-18(9-7-17)28(29,30)31/h6-9,16,20,25,33H,3-5,10-15H2,1-2H3. The molecule has 0 radical (unpaired) electrons. The number of aromatic nitrogens is 1. The summed E-state index contributed by atoms with van der Waals surface area (Å²) in [6.45, 7) is 4.24. The van der Waals surface area contributed by atoms with Gasteiger partial charge in [0.05, 0.1) is 17.3 Å². The van der Waals surface area contributed by atoms with E-state index in [0.717, 1.165) is 97.1 Å². The van der Waals surface area contributed by atoms with Crippen molar-refractivity contribution in [3.63, 3.8) is 0 Å². The van der Waals surface area contributed by atoms with Gasteiger partial charge in [-0.25, -0.2) is 0 Å². The lowest BCUT2D eigenvalue weighted by molar-refractivity contribution is -0.137. The first kappa shape index (κ1) is 22.5. The highest BCUT2D eigenvalue weighted by molar-refractivity contribution is 5.54. The van der Waals surface area contributed by atoms with Crippen LogP contribution < -0.4 is 0 Å². The highest BCUT2D eigenvalue weighted by atomic mass is 19.4. The van der Waals surface area contributed by atoms with Crippen LogP contribution in [0.3, 0.4) is 0 Å². The Balaban J connectivity index is 1.54. The van der Waals surface area contributed by atoms with Crippen LogP contribution in [0.4, 0.5) is 13.2 Å². The third kappa shape index (κ3) is 3.28. The summed E-state index contributed by atoms with van der Waals surface area (Å²) in [5.74, 6) is 0.146. The number of ether oxygens (including phenoxy) is 1. The molecule has 2 unspecified atom stereocenters. The summed E-state index contributed by atoms with van der Waals surface area (Å²) in [6.07, 6.45) is 3.66. The molecule has 6 rings (SSSR count). The van der Waals surface area contributed by atoms with Gasteiger partial charge in [-0.15, -0.1) is 0 Å². The number of rotatable bonds is 2. The number of fused-ring (bicyclic) bond motifs is 4. The largest absolute Gasteiger partial charge is 0.416 e. The highest BCUT2D eigenvalue weighted by Gasteiger charge is 2.54. The van der Waals surface area contributed by atoms with Gasteiger partial charge in [-0.2, -0.15) is 13.2 Å². The molecule has 1 N–H and O–H groups in total. The Hall–Kier alpha value is -1.92. The maximum Gasteiger partial charge on any atom is 0.416 e. The summed E-state index contributed by atoms with van der Waals surface area (Å²) in [7, 11) is 0. The monoisotopic (exact) mass is 471 g/mol. The fourth-order valence-corrected chi connectivity index (χ4v) is 7.11. The Morgan fingerprint density at radius 1 is 1.00 bits per heavy atom. The average Bonchev–Trinajstić information content (AvgIpc) is 3.37. The summed E-state index contributed by atoms with van der Waals surface area (Å²) in [5, 5.41) is 11.5. The normalized spacial score (nSPS) is 26.7. The molecule has 0 saturated heterocycles. The molecule has 3 nitrogen and oxygen atoms in total. The number of aliphatic hydroxyl groups excluding tert-OH is 1. The van der Waals surface area contributed by atoms with E-state index in [1.807, 2.05) is 0 Å². The minimum atomic E-state index is -4.37. The zero-order valence-electron chi connectivity index (χ0n) is 19.8. The third-order valence-electron chi connectivity index (χ3n) is 8.86. The zero-order valence-corrected chi connectivity index (χ0v) is 19.8. The summed E-state index contributed by atoms with van der Waals surface area (Å²) in [4.78, 5) is 5.18. The second-order valence-corrected chi connectivity index (χ2v) is 11.4. The minimum Gasteiger partial charge on any atom is -0.388 e. The van der Waals surface area contributed by atoms with Crippen molar-refractivity contribution in [3.8, 4) is 0 Å². The maximum absolute atomic E-state index is 13.2. The van der Waals surface area contributed by atoms with Crippen LogP contribution in [-0.4, -0.2) is 10.1 Å². The second kappa shape index (κ2) is 7.54. The SMILES string of the molecule is CC(C)c1nc2c(c3c1C(c1ccc(C(F)(F)F)cc1)OC31CCCC1)C(O)CC1(CCC1)C2. The Morgan fingerprint density at radius 3 is 2.24 bits per heavy atom. The number of benzene rings is 1. The van der Waals surface area contributed by atoms with Crippen molar-refractivity contribution < 1.29 is 23.0 Å². The Bertz CT molecular complexity index is 1110. The van der Waals surface area contributed by atoms with E-state index in [1.165, 1.54) is 6.42 Å². The molecule has 2 fully saturated rings. The summed E-state index contributed by atoms with van der Waals surface area (Å²) in [5.41, 5.74) is 4.86. The smallest absolute Gasteiger partial charge is 0.388 e. The highest BCUT2D eigenvalue weighted by Crippen LogP contribution is 2.61. The zero-order chi connectivity index (χ0) is 23.9. The molecule has 2 atom stereocenters. The first-order valence-corrected chi connectivity index (χ1v) is 12.7. The lowest BCUT2D eigenvalue weighted by Gasteiger charge is -2.47. The quantitative estimate of drug-likeness (QED) is 0.501. The van der Waals surface area contributed by atoms with Gasteiger partial charge in [0, 0.05) is 22.5 Å². The minimum absolute atomic E-state index is 0.146. The number of hydrogen-bond donors (Lipinski definition) is 1. The van der Waals surface area contributed by atoms with Gasteiger partial charge < -0.3 is 9.84 Å². The summed E-state index contributed by atoms with van der Waals surface area (Å²) < 4.78 is 46.5. The van der Waals surface area contributed by atoms with E-state index in [9.17, 15) is 18.3 Å². The van der Waals surface area contributed by atoms with Gasteiger partial charge in [-0.05, 0) is 73.1 Å². The van der Waals surface area contributed by atoms with E-state index in [4.69, 9.17) is 9.72 Å². The lowest BCUT2D eigenvalue weighted by atomic mass is 9.59. The molecule has 34 heavy (non-hydrogen) atoms. The van der Waals surface area contributed by atoms with Crippen LogP contribution in [0.25, 0.3) is 0 Å². The van der Waals surface area contributed by atoms with Crippen LogP contribution in [0.1, 0.15) is 123 Å². The van der Waals surface area contributed by atoms with Gasteiger partial charge in [0.2, 0.25) is 0 Å². The van der Waals surface area contributed by atoms with Gasteiger partial charge in [-0.3, -0.25) is 4.98 Å². The van der Waals surface area contributed by atoms with E-state index >= 15 is 0 Å². The molecule has 2 aromatic rings. The predicted octanol–water partition coefficient (Wildman–Crippen LogP) is 7.26. The topological polar surface area (TPSA) is 42.4 Å². The third-order valence-corrected chi connectivity index (χ3v) is 8.86. The van der Waals surface area contributed by atoms with Crippen molar-refractivity contribution in [2.45, 2.75) is 102 Å². The number of halogens is 3. The average molecular weight is 472 g/mol. The van der Waals surface area contributed by atoms with E-state index in [1.54, 1.807) is 12.1 Å². The molecular formula is C28H32F3NO2. The van der Waals surface area contributed by atoms with Crippen molar-refractivity contribution in [1.82, 2.24) is 4.98 Å². The van der Waals surface area contributed by atoms with Gasteiger partial charge in [0.1, 0.15) is 6.10 Å². The van der Waals surface area contributed by atoms with Crippen LogP contribution in [0, 0.1) is 5.41 Å². The molecule has 6 heteroatoms. The number of nitrogens with zero attached hydrogens (tertiary/aromatic N) is 1. The molecule has 1 aromatic carbocycles. The van der Waals surface area contributed by atoms with Gasteiger partial charge in [0.15, 0.2) is 0 Å². The summed E-state index contributed by atoms with van der Waals surface area (Å²) in [6, 6.07) is 5.39. The van der Waals surface area contributed by atoms with Crippen LogP contribution in [0.5, 0.6) is 0 Å². The number of hydrogen-bond acceptors (Lipinski definition) is 3. The van der Waals surface area contributed by atoms with Crippen molar-refractivity contribution >= 4 is 0 Å². The van der Waals surface area contributed by atoms with E-state index in [0.29, 0.717) is 0 Å². The van der Waals surface area contributed by atoms with Crippen molar-refractivity contribution in [2.75, 3.05) is 0 Å². The molecule has 1 aromatic heterocycles. The molecule has 0 bridgehead atoms. The van der Waals surface area contributed by atoms with Crippen LogP contribution in [0.2, 0.25) is 0 Å². The maximum atomic E-state index is 13.2. The Kier molecular flexibility index (Phi) is 5.00. The van der Waals surface area contributed by atoms with E-state index in [-0.39, 0.29) is 11.3 Å². The second-order valence-electron chi connectivity index (χ2n) is 11.4. The molecule has 2 saturated carbocycles. The molecule has 2 spiro atoms. The Morgan fingerprint density at radius 2 is 1.68 bits per heavy atom. The molecule has 0 amide bonds. The number of pyridine rings is 1. The van der Waals surface area contributed by atoms with E-state index in [2.05, 4.69) is 13.8 Å². The van der Waals surface area contributed by atoms with Gasteiger partial charge >= 0.3 is 6.18 Å². The van der Waals surface area contributed by atoms with Crippen LogP contribution in [0.15, 0.2) is 24.3 Å². The van der Waals surface area contributed by atoms with Crippen molar-refractivity contribution in [2.24, 2.45) is 5.41 Å². The Labute approximate surface area is 198 Å². The number of alkyl halides is 3. The molecule has 1 aliphatic heterocycles.